The maximum absolute atomic E-state index is 12.8. The summed E-state index contributed by atoms with van der Waals surface area (Å²) in [6.07, 6.45) is 1.68. The molecule has 1 aromatic carbocycles. The van der Waals surface area contributed by atoms with Crippen LogP contribution >= 0.6 is 11.3 Å². The van der Waals surface area contributed by atoms with Crippen molar-refractivity contribution in [3.8, 4) is 5.75 Å². The van der Waals surface area contributed by atoms with E-state index in [-0.39, 0.29) is 5.91 Å². The van der Waals surface area contributed by atoms with Crippen LogP contribution < -0.4 is 9.64 Å². The van der Waals surface area contributed by atoms with Crippen molar-refractivity contribution < 1.29 is 9.53 Å². The molecular weight excluding hydrogens is 362 g/mol. The van der Waals surface area contributed by atoms with Gasteiger partial charge in [-0.25, -0.2) is 4.98 Å². The molecule has 27 heavy (non-hydrogen) atoms. The number of ether oxygens (including phenoxy) is 1. The van der Waals surface area contributed by atoms with E-state index in [4.69, 9.17) is 9.72 Å². The number of amides is 1. The van der Waals surface area contributed by atoms with Gasteiger partial charge in [-0.3, -0.25) is 9.48 Å². The lowest BCUT2D eigenvalue weighted by Crippen LogP contribution is -2.49. The van der Waals surface area contributed by atoms with Crippen LogP contribution in [0.2, 0.25) is 0 Å². The minimum absolute atomic E-state index is 0.0517. The number of hydrogen-bond donors (Lipinski definition) is 0. The van der Waals surface area contributed by atoms with Crippen LogP contribution in [0.1, 0.15) is 23.0 Å². The van der Waals surface area contributed by atoms with Gasteiger partial charge in [-0.15, -0.1) is 0 Å². The highest BCUT2D eigenvalue weighted by molar-refractivity contribution is 7.22. The number of thiazole rings is 1. The summed E-state index contributed by atoms with van der Waals surface area (Å²) in [6.45, 7) is 7.68. The van der Waals surface area contributed by atoms with Gasteiger partial charge in [0.2, 0.25) is 0 Å². The second-order valence-corrected chi connectivity index (χ2v) is 7.55. The normalized spacial score (nSPS) is 14.8. The molecule has 142 valence electrons. The number of aromatic nitrogens is 3. The molecule has 0 bridgehead atoms. The number of anilines is 1. The van der Waals surface area contributed by atoms with E-state index in [1.165, 1.54) is 5.56 Å². The summed E-state index contributed by atoms with van der Waals surface area (Å²) in [5, 5.41) is 5.19. The van der Waals surface area contributed by atoms with Crippen LogP contribution in [0, 0.1) is 6.92 Å². The number of nitrogens with zero attached hydrogens (tertiary/aromatic N) is 5. The summed E-state index contributed by atoms with van der Waals surface area (Å²) in [7, 11) is 1.68. The zero-order valence-electron chi connectivity index (χ0n) is 15.8. The third kappa shape index (κ3) is 3.14. The highest BCUT2D eigenvalue weighted by Gasteiger charge is 2.26. The van der Waals surface area contributed by atoms with Gasteiger partial charge in [0, 0.05) is 38.9 Å². The molecule has 8 heteroatoms. The molecule has 0 saturated carbocycles. The molecular formula is C19H23N5O2S. The predicted molar refractivity (Wildman–Crippen MR) is 107 cm³/mol. The minimum atomic E-state index is 0.0517. The van der Waals surface area contributed by atoms with Crippen LogP contribution in [0.25, 0.3) is 10.2 Å². The van der Waals surface area contributed by atoms with Crippen molar-refractivity contribution in [2.45, 2.75) is 20.4 Å². The smallest absolute Gasteiger partial charge is 0.272 e. The van der Waals surface area contributed by atoms with Gasteiger partial charge in [-0.2, -0.15) is 5.10 Å². The van der Waals surface area contributed by atoms with Crippen LogP contribution in [0.3, 0.4) is 0 Å². The van der Waals surface area contributed by atoms with Crippen molar-refractivity contribution in [2.75, 3.05) is 38.2 Å². The SMILES string of the molecule is CCn1nccc1C(=O)N1CCN(c2nc3c(OC)ccc(C)c3s2)CC1. The number of methoxy groups -OCH3 is 1. The quantitative estimate of drug-likeness (QED) is 0.691. The number of carbonyl (C=O) groups excluding carboxylic acids is 1. The van der Waals surface area contributed by atoms with Gasteiger partial charge >= 0.3 is 0 Å². The van der Waals surface area contributed by atoms with E-state index in [0.717, 1.165) is 34.2 Å². The third-order valence-corrected chi connectivity index (χ3v) is 6.24. The molecule has 1 amide bonds. The molecule has 1 fully saturated rings. The van der Waals surface area contributed by atoms with Crippen LogP contribution in [0.4, 0.5) is 5.13 Å². The summed E-state index contributed by atoms with van der Waals surface area (Å²) >= 11 is 1.69. The molecule has 1 aliphatic heterocycles. The van der Waals surface area contributed by atoms with Gasteiger partial charge < -0.3 is 14.5 Å². The lowest BCUT2D eigenvalue weighted by molar-refractivity contribution is 0.0734. The Kier molecular flexibility index (Phi) is 4.73. The van der Waals surface area contributed by atoms with Crippen molar-refractivity contribution in [1.29, 1.82) is 0 Å². The number of aryl methyl sites for hydroxylation is 2. The molecule has 2 aromatic heterocycles. The molecule has 1 aliphatic rings. The van der Waals surface area contributed by atoms with Gasteiger partial charge in [-0.05, 0) is 31.5 Å². The molecule has 0 spiro atoms. The van der Waals surface area contributed by atoms with Crippen molar-refractivity contribution in [1.82, 2.24) is 19.7 Å². The molecule has 7 nitrogen and oxygen atoms in total. The largest absolute Gasteiger partial charge is 0.494 e. The lowest BCUT2D eigenvalue weighted by atomic mass is 10.2. The molecule has 4 rings (SSSR count). The highest BCUT2D eigenvalue weighted by Crippen LogP contribution is 2.36. The summed E-state index contributed by atoms with van der Waals surface area (Å²) in [5.41, 5.74) is 2.78. The Labute approximate surface area is 162 Å². The molecule has 0 unspecified atom stereocenters. The number of piperazine rings is 1. The number of hydrogen-bond acceptors (Lipinski definition) is 6. The monoisotopic (exact) mass is 385 g/mol. The van der Waals surface area contributed by atoms with Crippen LogP contribution in [0.15, 0.2) is 24.4 Å². The molecule has 0 aliphatic carbocycles. The first-order valence-electron chi connectivity index (χ1n) is 9.12. The average molecular weight is 385 g/mol. The first-order chi connectivity index (χ1) is 13.1. The van der Waals surface area contributed by atoms with Gasteiger partial charge in [0.25, 0.3) is 5.91 Å². The van der Waals surface area contributed by atoms with Gasteiger partial charge in [-0.1, -0.05) is 17.4 Å². The van der Waals surface area contributed by atoms with Crippen molar-refractivity contribution in [2.24, 2.45) is 0 Å². The molecule has 0 N–H and O–H groups in total. The van der Waals surface area contributed by atoms with Gasteiger partial charge in [0.05, 0.1) is 11.8 Å². The van der Waals surface area contributed by atoms with Crippen molar-refractivity contribution in [3.05, 3.63) is 35.7 Å². The summed E-state index contributed by atoms with van der Waals surface area (Å²) in [6, 6.07) is 5.83. The summed E-state index contributed by atoms with van der Waals surface area (Å²) in [4.78, 5) is 21.7. The molecule has 3 aromatic rings. The topological polar surface area (TPSA) is 63.5 Å². The summed E-state index contributed by atoms with van der Waals surface area (Å²) in [5.74, 6) is 0.857. The Morgan fingerprint density at radius 1 is 1.22 bits per heavy atom. The van der Waals surface area contributed by atoms with Crippen LogP contribution in [-0.4, -0.2) is 58.9 Å². The maximum Gasteiger partial charge on any atom is 0.272 e. The fourth-order valence-corrected chi connectivity index (χ4v) is 4.53. The predicted octanol–water partition coefficient (Wildman–Crippen LogP) is 2.79. The van der Waals surface area contributed by atoms with Gasteiger partial charge in [0.15, 0.2) is 5.13 Å². The Morgan fingerprint density at radius 3 is 2.70 bits per heavy atom. The average Bonchev–Trinajstić information content (AvgIpc) is 3.35. The second kappa shape index (κ2) is 7.19. The van der Waals surface area contributed by atoms with E-state index in [2.05, 4.69) is 23.0 Å². The van der Waals surface area contributed by atoms with E-state index in [1.807, 2.05) is 17.9 Å². The Hall–Kier alpha value is -2.61. The van der Waals surface area contributed by atoms with E-state index < -0.39 is 0 Å². The highest BCUT2D eigenvalue weighted by atomic mass is 32.1. The molecule has 1 saturated heterocycles. The number of carbonyl (C=O) groups is 1. The third-order valence-electron chi connectivity index (χ3n) is 4.98. The maximum atomic E-state index is 12.8. The minimum Gasteiger partial charge on any atom is -0.494 e. The van der Waals surface area contributed by atoms with Crippen LogP contribution in [0.5, 0.6) is 5.75 Å². The second-order valence-electron chi connectivity index (χ2n) is 6.57. The first-order valence-corrected chi connectivity index (χ1v) is 9.94. The standard InChI is InChI=1S/C19H23N5O2S/c1-4-24-14(7-8-20-24)18(25)22-9-11-23(12-10-22)19-21-16-15(26-3)6-5-13(2)17(16)27-19/h5-8H,4,9-12H2,1-3H3. The Bertz CT molecular complexity index is 972. The number of fused-ring (bicyclic) bond motifs is 1. The van der Waals surface area contributed by atoms with Crippen molar-refractivity contribution >= 4 is 32.6 Å². The van der Waals surface area contributed by atoms with Crippen LogP contribution in [-0.2, 0) is 6.54 Å². The van der Waals surface area contributed by atoms with E-state index in [0.29, 0.717) is 25.3 Å². The number of rotatable bonds is 4. The zero-order valence-corrected chi connectivity index (χ0v) is 16.6. The van der Waals surface area contributed by atoms with Crippen molar-refractivity contribution in [3.63, 3.8) is 0 Å². The zero-order chi connectivity index (χ0) is 19.0. The van der Waals surface area contributed by atoms with E-state index in [1.54, 1.807) is 35.4 Å². The lowest BCUT2D eigenvalue weighted by Gasteiger charge is -2.34. The Morgan fingerprint density at radius 2 is 2.00 bits per heavy atom. The number of benzene rings is 1. The fourth-order valence-electron chi connectivity index (χ4n) is 3.43. The van der Waals surface area contributed by atoms with E-state index >= 15 is 0 Å². The molecule has 0 radical (unpaired) electrons. The first kappa shape index (κ1) is 17.8. The molecule has 3 heterocycles. The fraction of sp³-hybridized carbons (Fsp3) is 0.421. The summed E-state index contributed by atoms with van der Waals surface area (Å²) < 4.78 is 8.37. The molecule has 0 atom stereocenters. The van der Waals surface area contributed by atoms with E-state index in [9.17, 15) is 4.79 Å². The van der Waals surface area contributed by atoms with Gasteiger partial charge in [0.1, 0.15) is 17.0 Å². The Balaban J connectivity index is 1.50.